The highest BCUT2D eigenvalue weighted by atomic mass is 32.1. The van der Waals surface area contributed by atoms with E-state index in [1.807, 2.05) is 12.1 Å². The van der Waals surface area contributed by atoms with Gasteiger partial charge in [0.15, 0.2) is 0 Å². The largest absolute Gasteiger partial charge is 0.345 e. The number of aromatic nitrogens is 2. The molecular formula is C12H11N3S2. The number of rotatable bonds is 3. The van der Waals surface area contributed by atoms with E-state index in [0.29, 0.717) is 9.52 Å². The first kappa shape index (κ1) is 12.0. The highest BCUT2D eigenvalue weighted by molar-refractivity contribution is 7.71. The predicted molar refractivity (Wildman–Crippen MR) is 71.4 cm³/mol. The summed E-state index contributed by atoms with van der Waals surface area (Å²) in [6.45, 7) is 2.11. The zero-order chi connectivity index (χ0) is 12.3. The van der Waals surface area contributed by atoms with Gasteiger partial charge in [0.05, 0.1) is 16.9 Å². The minimum absolute atomic E-state index is 0.646. The average molecular weight is 261 g/mol. The minimum Gasteiger partial charge on any atom is -0.345 e. The Morgan fingerprint density at radius 1 is 1.53 bits per heavy atom. The van der Waals surface area contributed by atoms with Gasteiger partial charge in [-0.15, -0.1) is 11.3 Å². The molecular weight excluding hydrogens is 250 g/mol. The fourth-order valence-corrected chi connectivity index (χ4v) is 2.76. The SMILES string of the molecule is CCCc1c(-c2ccc(C#N)s2)[nH]cnc1=S. The highest BCUT2D eigenvalue weighted by Crippen LogP contribution is 2.29. The molecule has 2 aromatic heterocycles. The third-order valence-electron chi connectivity index (χ3n) is 2.41. The maximum absolute atomic E-state index is 8.84. The molecule has 2 aromatic rings. The molecule has 0 amide bonds. The second-order valence-electron chi connectivity index (χ2n) is 3.59. The van der Waals surface area contributed by atoms with Crippen LogP contribution in [-0.4, -0.2) is 9.97 Å². The van der Waals surface area contributed by atoms with Gasteiger partial charge in [-0.25, -0.2) is 4.98 Å². The second-order valence-corrected chi connectivity index (χ2v) is 5.06. The van der Waals surface area contributed by atoms with Crippen LogP contribution >= 0.6 is 23.6 Å². The standard InChI is InChI=1S/C12H11N3S2/c1-2-3-9-11(14-7-15-12(9)16)10-5-4-8(6-13)17-10/h4-5,7H,2-3H2,1H3,(H,14,15,16). The van der Waals surface area contributed by atoms with Gasteiger partial charge in [0.2, 0.25) is 0 Å². The van der Waals surface area contributed by atoms with Crippen molar-refractivity contribution >= 4 is 23.6 Å². The van der Waals surface area contributed by atoms with Crippen molar-refractivity contribution in [2.45, 2.75) is 19.8 Å². The van der Waals surface area contributed by atoms with Crippen LogP contribution in [0.4, 0.5) is 0 Å². The monoisotopic (exact) mass is 261 g/mol. The van der Waals surface area contributed by atoms with Gasteiger partial charge in [-0.1, -0.05) is 25.6 Å². The van der Waals surface area contributed by atoms with Crippen molar-refractivity contribution < 1.29 is 0 Å². The summed E-state index contributed by atoms with van der Waals surface area (Å²) in [4.78, 5) is 9.00. The van der Waals surface area contributed by atoms with Crippen LogP contribution in [0.15, 0.2) is 18.5 Å². The van der Waals surface area contributed by atoms with E-state index in [0.717, 1.165) is 29.0 Å². The van der Waals surface area contributed by atoms with Crippen LogP contribution < -0.4 is 0 Å². The molecule has 0 fully saturated rings. The van der Waals surface area contributed by atoms with Gasteiger partial charge in [-0.3, -0.25) is 0 Å². The second kappa shape index (κ2) is 5.21. The van der Waals surface area contributed by atoms with Gasteiger partial charge < -0.3 is 4.98 Å². The quantitative estimate of drug-likeness (QED) is 0.857. The van der Waals surface area contributed by atoms with Crippen LogP contribution in [0, 0.1) is 16.0 Å². The number of nitriles is 1. The van der Waals surface area contributed by atoms with Crippen molar-refractivity contribution in [3.05, 3.63) is 33.5 Å². The fraction of sp³-hybridized carbons (Fsp3) is 0.250. The summed E-state index contributed by atoms with van der Waals surface area (Å²) in [5.74, 6) is 0. The van der Waals surface area contributed by atoms with Crippen molar-refractivity contribution in [1.29, 1.82) is 5.26 Å². The number of nitrogens with one attached hydrogen (secondary N) is 1. The first-order chi connectivity index (χ1) is 8.26. The van der Waals surface area contributed by atoms with E-state index < -0.39 is 0 Å². The predicted octanol–water partition coefficient (Wildman–Crippen LogP) is 3.69. The molecule has 0 radical (unpaired) electrons. The number of hydrogen-bond donors (Lipinski definition) is 1. The summed E-state index contributed by atoms with van der Waals surface area (Å²) < 4.78 is 0.646. The molecule has 0 unspecified atom stereocenters. The molecule has 1 N–H and O–H groups in total. The van der Waals surface area contributed by atoms with Crippen LogP contribution in [0.3, 0.4) is 0 Å². The molecule has 0 saturated carbocycles. The molecule has 0 aliphatic carbocycles. The molecule has 0 spiro atoms. The summed E-state index contributed by atoms with van der Waals surface area (Å²) in [7, 11) is 0. The van der Waals surface area contributed by atoms with E-state index in [2.05, 4.69) is 23.0 Å². The summed E-state index contributed by atoms with van der Waals surface area (Å²) in [6.07, 6.45) is 3.54. The molecule has 17 heavy (non-hydrogen) atoms. The van der Waals surface area contributed by atoms with E-state index >= 15 is 0 Å². The Kier molecular flexibility index (Phi) is 3.67. The van der Waals surface area contributed by atoms with Crippen molar-refractivity contribution in [2.24, 2.45) is 0 Å². The molecule has 0 aromatic carbocycles. The van der Waals surface area contributed by atoms with E-state index in [1.54, 1.807) is 6.33 Å². The average Bonchev–Trinajstić information content (AvgIpc) is 2.80. The Morgan fingerprint density at radius 3 is 3.00 bits per heavy atom. The van der Waals surface area contributed by atoms with Gasteiger partial charge >= 0.3 is 0 Å². The first-order valence-electron chi connectivity index (χ1n) is 5.33. The molecule has 86 valence electrons. The number of hydrogen-bond acceptors (Lipinski definition) is 4. The topological polar surface area (TPSA) is 52.5 Å². The zero-order valence-corrected chi connectivity index (χ0v) is 11.0. The molecule has 0 aliphatic heterocycles. The summed E-state index contributed by atoms with van der Waals surface area (Å²) in [6, 6.07) is 5.92. The molecule has 0 atom stereocenters. The van der Waals surface area contributed by atoms with Gasteiger partial charge in [0.25, 0.3) is 0 Å². The lowest BCUT2D eigenvalue weighted by atomic mass is 10.1. The molecule has 0 saturated heterocycles. The van der Waals surface area contributed by atoms with Gasteiger partial charge in [-0.2, -0.15) is 5.26 Å². The van der Waals surface area contributed by atoms with E-state index in [-0.39, 0.29) is 0 Å². The number of nitrogens with zero attached hydrogens (tertiary/aromatic N) is 2. The third-order valence-corrected chi connectivity index (χ3v) is 3.77. The molecule has 2 rings (SSSR count). The van der Waals surface area contributed by atoms with E-state index in [9.17, 15) is 0 Å². The normalized spacial score (nSPS) is 10.1. The van der Waals surface area contributed by atoms with Crippen molar-refractivity contribution in [1.82, 2.24) is 9.97 Å². The maximum Gasteiger partial charge on any atom is 0.133 e. The molecule has 0 bridgehead atoms. The Labute approximate surface area is 109 Å². The lowest BCUT2D eigenvalue weighted by Gasteiger charge is -2.05. The number of H-pyrrole nitrogens is 1. The highest BCUT2D eigenvalue weighted by Gasteiger charge is 2.09. The fourth-order valence-electron chi connectivity index (χ4n) is 1.66. The zero-order valence-electron chi connectivity index (χ0n) is 9.36. The van der Waals surface area contributed by atoms with Crippen molar-refractivity contribution in [2.75, 3.05) is 0 Å². The number of thiophene rings is 1. The van der Waals surface area contributed by atoms with Gasteiger partial charge in [-0.05, 0) is 18.6 Å². The molecule has 5 heteroatoms. The Balaban J connectivity index is 2.55. The van der Waals surface area contributed by atoms with Crippen LogP contribution in [0.1, 0.15) is 23.8 Å². The minimum atomic E-state index is 0.646. The van der Waals surface area contributed by atoms with Crippen LogP contribution in [-0.2, 0) is 6.42 Å². The maximum atomic E-state index is 8.84. The lowest BCUT2D eigenvalue weighted by Crippen LogP contribution is -1.95. The number of aromatic amines is 1. The third kappa shape index (κ3) is 2.43. The van der Waals surface area contributed by atoms with E-state index in [1.165, 1.54) is 11.3 Å². The van der Waals surface area contributed by atoms with Crippen LogP contribution in [0.25, 0.3) is 10.6 Å². The van der Waals surface area contributed by atoms with Gasteiger partial charge in [0.1, 0.15) is 15.6 Å². The lowest BCUT2D eigenvalue weighted by molar-refractivity contribution is 0.899. The van der Waals surface area contributed by atoms with Gasteiger partial charge in [0, 0.05) is 5.56 Å². The Hall–Kier alpha value is -1.51. The summed E-state index contributed by atoms with van der Waals surface area (Å²) in [5, 5.41) is 8.84. The van der Waals surface area contributed by atoms with Crippen LogP contribution in [0.5, 0.6) is 0 Å². The first-order valence-corrected chi connectivity index (χ1v) is 6.55. The summed E-state index contributed by atoms with van der Waals surface area (Å²) in [5.41, 5.74) is 2.06. The summed E-state index contributed by atoms with van der Waals surface area (Å²) >= 11 is 6.72. The van der Waals surface area contributed by atoms with Crippen molar-refractivity contribution in [3.8, 4) is 16.6 Å². The molecule has 3 nitrogen and oxygen atoms in total. The Morgan fingerprint density at radius 2 is 2.35 bits per heavy atom. The Bertz CT molecular complexity index is 619. The smallest absolute Gasteiger partial charge is 0.133 e. The van der Waals surface area contributed by atoms with Crippen molar-refractivity contribution in [3.63, 3.8) is 0 Å². The molecule has 0 aliphatic rings. The van der Waals surface area contributed by atoms with Crippen LogP contribution in [0.2, 0.25) is 0 Å². The molecule has 2 heterocycles. The van der Waals surface area contributed by atoms with E-state index in [4.69, 9.17) is 17.5 Å².